The van der Waals surface area contributed by atoms with Gasteiger partial charge in [0.1, 0.15) is 0 Å². The van der Waals surface area contributed by atoms with E-state index in [1.54, 1.807) is 0 Å². The predicted octanol–water partition coefficient (Wildman–Crippen LogP) is 1.84. The van der Waals surface area contributed by atoms with E-state index in [1.807, 2.05) is 35.0 Å². The second-order valence-corrected chi connectivity index (χ2v) is 6.39. The minimum Gasteiger partial charge on any atom is -0.347 e. The highest BCUT2D eigenvalue weighted by Crippen LogP contribution is 2.27. The topological polar surface area (TPSA) is 59.0 Å². The summed E-state index contributed by atoms with van der Waals surface area (Å²) >= 11 is 0. The first-order chi connectivity index (χ1) is 11.3. The zero-order valence-electron chi connectivity index (χ0n) is 13.2. The van der Waals surface area contributed by atoms with Gasteiger partial charge < -0.3 is 10.6 Å². The Morgan fingerprint density at radius 3 is 2.87 bits per heavy atom. The average molecular weight is 310 g/mol. The molecule has 120 valence electrons. The van der Waals surface area contributed by atoms with Crippen LogP contribution in [0.25, 0.3) is 5.69 Å². The van der Waals surface area contributed by atoms with E-state index < -0.39 is 0 Å². The zero-order chi connectivity index (χ0) is 15.6. The van der Waals surface area contributed by atoms with Gasteiger partial charge in [0.2, 0.25) is 0 Å². The summed E-state index contributed by atoms with van der Waals surface area (Å²) in [6.07, 6.45) is 5.20. The number of carbonyl (C=O) groups excluding carboxylic acids is 1. The molecule has 1 saturated heterocycles. The Balaban J connectivity index is 1.63. The number of fused-ring (bicyclic) bond motifs is 1. The number of nitrogens with one attached hydrogen (secondary N) is 2. The Morgan fingerprint density at radius 1 is 1.22 bits per heavy atom. The van der Waals surface area contributed by atoms with Crippen molar-refractivity contribution >= 4 is 5.91 Å². The molecule has 2 heterocycles. The van der Waals surface area contributed by atoms with E-state index in [4.69, 9.17) is 0 Å². The Morgan fingerprint density at radius 2 is 2.09 bits per heavy atom. The van der Waals surface area contributed by atoms with Gasteiger partial charge in [0.25, 0.3) is 5.91 Å². The minimum absolute atomic E-state index is 0.0217. The highest BCUT2D eigenvalue weighted by molar-refractivity contribution is 5.94. The molecular formula is C18H22N4O. The second-order valence-electron chi connectivity index (χ2n) is 6.39. The Kier molecular flexibility index (Phi) is 3.87. The lowest BCUT2D eigenvalue weighted by molar-refractivity contribution is 0.0924. The molecule has 1 aliphatic heterocycles. The van der Waals surface area contributed by atoms with E-state index in [9.17, 15) is 4.79 Å². The van der Waals surface area contributed by atoms with Gasteiger partial charge in [-0.3, -0.25) is 4.79 Å². The molecule has 1 aliphatic carbocycles. The molecule has 5 nitrogen and oxygen atoms in total. The molecule has 1 amide bonds. The molecule has 23 heavy (non-hydrogen) atoms. The standard InChI is InChI=1S/C18H22N4O/c23-18(20-13-6-5-11-19-12-13)17-15-9-4-10-16(15)22(21-17)14-7-2-1-3-8-14/h1-3,7-8,13,19H,4-6,9-12H2,(H,20,23)/t13-/m0/s1. The van der Waals surface area contributed by atoms with Gasteiger partial charge in [-0.1, -0.05) is 18.2 Å². The van der Waals surface area contributed by atoms with Crippen LogP contribution in [-0.2, 0) is 12.8 Å². The summed E-state index contributed by atoms with van der Waals surface area (Å²) in [4.78, 5) is 12.7. The molecule has 0 spiro atoms. The maximum Gasteiger partial charge on any atom is 0.272 e. The van der Waals surface area contributed by atoms with Crippen LogP contribution in [0, 0.1) is 0 Å². The quantitative estimate of drug-likeness (QED) is 0.909. The minimum atomic E-state index is -0.0217. The van der Waals surface area contributed by atoms with Crippen LogP contribution >= 0.6 is 0 Å². The number of hydrogen-bond donors (Lipinski definition) is 2. The van der Waals surface area contributed by atoms with E-state index in [0.29, 0.717) is 5.69 Å². The van der Waals surface area contributed by atoms with E-state index >= 15 is 0 Å². The Bertz CT molecular complexity index is 701. The van der Waals surface area contributed by atoms with Crippen molar-refractivity contribution in [1.82, 2.24) is 20.4 Å². The molecule has 0 saturated carbocycles. The smallest absolute Gasteiger partial charge is 0.272 e. The highest BCUT2D eigenvalue weighted by atomic mass is 16.2. The number of para-hydroxylation sites is 1. The van der Waals surface area contributed by atoms with Crippen LogP contribution in [-0.4, -0.2) is 34.8 Å². The fourth-order valence-electron chi connectivity index (χ4n) is 3.63. The van der Waals surface area contributed by atoms with Gasteiger partial charge in [0, 0.05) is 23.8 Å². The predicted molar refractivity (Wildman–Crippen MR) is 88.9 cm³/mol. The summed E-state index contributed by atoms with van der Waals surface area (Å²) in [7, 11) is 0. The van der Waals surface area contributed by atoms with Gasteiger partial charge in [-0.25, -0.2) is 4.68 Å². The van der Waals surface area contributed by atoms with Crippen LogP contribution < -0.4 is 10.6 Å². The number of hydrogen-bond acceptors (Lipinski definition) is 3. The fourth-order valence-corrected chi connectivity index (χ4v) is 3.63. The van der Waals surface area contributed by atoms with E-state index in [-0.39, 0.29) is 11.9 Å². The van der Waals surface area contributed by atoms with Gasteiger partial charge in [-0.2, -0.15) is 5.10 Å². The number of benzene rings is 1. The zero-order valence-corrected chi connectivity index (χ0v) is 13.2. The van der Waals surface area contributed by atoms with Gasteiger partial charge in [0.15, 0.2) is 5.69 Å². The third-order valence-corrected chi connectivity index (χ3v) is 4.78. The molecule has 1 fully saturated rings. The summed E-state index contributed by atoms with van der Waals surface area (Å²) in [6.45, 7) is 1.90. The molecule has 0 radical (unpaired) electrons. The first-order valence-electron chi connectivity index (χ1n) is 8.51. The van der Waals surface area contributed by atoms with Crippen molar-refractivity contribution < 1.29 is 4.79 Å². The fraction of sp³-hybridized carbons (Fsp3) is 0.444. The monoisotopic (exact) mass is 310 g/mol. The van der Waals surface area contributed by atoms with Crippen molar-refractivity contribution in [2.75, 3.05) is 13.1 Å². The maximum absolute atomic E-state index is 12.7. The third kappa shape index (κ3) is 2.77. The van der Waals surface area contributed by atoms with Crippen LogP contribution in [0.3, 0.4) is 0 Å². The van der Waals surface area contributed by atoms with Crippen LogP contribution in [0.5, 0.6) is 0 Å². The van der Waals surface area contributed by atoms with Gasteiger partial charge >= 0.3 is 0 Å². The third-order valence-electron chi connectivity index (χ3n) is 4.78. The van der Waals surface area contributed by atoms with E-state index in [1.165, 1.54) is 5.69 Å². The number of piperidine rings is 1. The summed E-state index contributed by atoms with van der Waals surface area (Å²) in [5, 5.41) is 11.1. The normalized spacial score (nSPS) is 20.3. The number of aromatic nitrogens is 2. The summed E-state index contributed by atoms with van der Waals surface area (Å²) < 4.78 is 1.95. The largest absolute Gasteiger partial charge is 0.347 e. The van der Waals surface area contributed by atoms with Gasteiger partial charge in [0.05, 0.1) is 5.69 Å². The first-order valence-corrected chi connectivity index (χ1v) is 8.51. The summed E-state index contributed by atoms with van der Waals surface area (Å²) in [5.41, 5.74) is 3.98. The molecule has 1 aromatic carbocycles. The maximum atomic E-state index is 12.7. The lowest BCUT2D eigenvalue weighted by atomic mass is 10.1. The first kappa shape index (κ1) is 14.5. The average Bonchev–Trinajstić information content (AvgIpc) is 3.18. The number of amides is 1. The molecule has 0 unspecified atom stereocenters. The molecule has 4 rings (SSSR count). The van der Waals surface area contributed by atoms with Crippen molar-refractivity contribution in [3.63, 3.8) is 0 Å². The molecular weight excluding hydrogens is 288 g/mol. The van der Waals surface area contributed by atoms with E-state index in [0.717, 1.165) is 56.4 Å². The van der Waals surface area contributed by atoms with Gasteiger partial charge in [-0.05, 0) is 50.8 Å². The second kappa shape index (κ2) is 6.16. The molecule has 1 aromatic heterocycles. The number of nitrogens with zero attached hydrogens (tertiary/aromatic N) is 2. The van der Waals surface area contributed by atoms with Crippen LogP contribution in [0.15, 0.2) is 30.3 Å². The van der Waals surface area contributed by atoms with Crippen molar-refractivity contribution in [3.8, 4) is 5.69 Å². The summed E-state index contributed by atoms with van der Waals surface area (Å²) in [5.74, 6) is -0.0217. The number of carbonyl (C=O) groups is 1. The summed E-state index contributed by atoms with van der Waals surface area (Å²) in [6, 6.07) is 10.3. The molecule has 2 aromatic rings. The number of rotatable bonds is 3. The van der Waals surface area contributed by atoms with Crippen LogP contribution in [0.4, 0.5) is 0 Å². The molecule has 2 N–H and O–H groups in total. The van der Waals surface area contributed by atoms with Crippen molar-refractivity contribution in [2.45, 2.75) is 38.1 Å². The van der Waals surface area contributed by atoms with Crippen molar-refractivity contribution in [1.29, 1.82) is 0 Å². The van der Waals surface area contributed by atoms with Gasteiger partial charge in [-0.15, -0.1) is 0 Å². The molecule has 1 atom stereocenters. The molecule has 0 bridgehead atoms. The lowest BCUT2D eigenvalue weighted by Crippen LogP contribution is -2.45. The van der Waals surface area contributed by atoms with Crippen LogP contribution in [0.1, 0.15) is 41.0 Å². The highest BCUT2D eigenvalue weighted by Gasteiger charge is 2.28. The molecule has 5 heteroatoms. The van der Waals surface area contributed by atoms with E-state index in [2.05, 4.69) is 15.7 Å². The Hall–Kier alpha value is -2.14. The molecule has 2 aliphatic rings. The Labute approximate surface area is 136 Å². The SMILES string of the molecule is O=C(N[C@H]1CCCNC1)c1nn(-c2ccccc2)c2c1CCC2. The van der Waals surface area contributed by atoms with Crippen LogP contribution in [0.2, 0.25) is 0 Å². The lowest BCUT2D eigenvalue weighted by Gasteiger charge is -2.23. The van der Waals surface area contributed by atoms with Crippen molar-refractivity contribution in [2.24, 2.45) is 0 Å². The van der Waals surface area contributed by atoms with Crippen molar-refractivity contribution in [3.05, 3.63) is 47.3 Å².